The summed E-state index contributed by atoms with van der Waals surface area (Å²) < 4.78 is 5.54. The molecule has 6 atom stereocenters. The minimum absolute atomic E-state index is 0.101. The Hall–Kier alpha value is -0.790. The molecule has 0 aromatic rings. The fourth-order valence-corrected chi connectivity index (χ4v) is 6.04. The molecule has 6 unspecified atom stereocenters. The summed E-state index contributed by atoms with van der Waals surface area (Å²) in [6, 6.07) is 0. The van der Waals surface area contributed by atoms with E-state index in [9.17, 15) is 4.79 Å². The summed E-state index contributed by atoms with van der Waals surface area (Å²) in [5.41, 5.74) is 2.07. The van der Waals surface area contributed by atoms with Gasteiger partial charge in [0.2, 0.25) is 0 Å². The maximum absolute atomic E-state index is 12.2. The van der Waals surface area contributed by atoms with Crippen molar-refractivity contribution in [2.45, 2.75) is 71.3 Å². The van der Waals surface area contributed by atoms with Crippen molar-refractivity contribution in [1.29, 1.82) is 0 Å². The molecule has 116 valence electrons. The molecule has 1 aliphatic heterocycles. The molecule has 0 spiro atoms. The van der Waals surface area contributed by atoms with Gasteiger partial charge in [-0.3, -0.25) is 4.79 Å². The second-order valence-electron chi connectivity index (χ2n) is 8.62. The normalized spacial score (nSPS) is 52.7. The van der Waals surface area contributed by atoms with Gasteiger partial charge in [0.1, 0.15) is 6.10 Å². The molecule has 1 heterocycles. The molecule has 1 saturated heterocycles. The number of carbonyl (C=O) groups is 1. The fraction of sp³-hybridized carbons (Fsp3) is 0.842. The first-order valence-corrected chi connectivity index (χ1v) is 8.82. The van der Waals surface area contributed by atoms with E-state index in [4.69, 9.17) is 4.74 Å². The van der Waals surface area contributed by atoms with Gasteiger partial charge in [0, 0.05) is 0 Å². The highest BCUT2D eigenvalue weighted by Gasteiger charge is 2.56. The van der Waals surface area contributed by atoms with Gasteiger partial charge in [0.25, 0.3) is 0 Å². The number of allylic oxidation sites excluding steroid dienone is 1. The zero-order chi connectivity index (χ0) is 14.8. The summed E-state index contributed by atoms with van der Waals surface area (Å²) in [7, 11) is 0. The number of carbonyl (C=O) groups excluding carboxylic acids is 1. The quantitative estimate of drug-likeness (QED) is 0.525. The predicted octanol–water partition coefficient (Wildman–Crippen LogP) is 4.49. The number of ether oxygens (including phenoxy) is 1. The van der Waals surface area contributed by atoms with Crippen LogP contribution in [0.3, 0.4) is 0 Å². The number of hydrogen-bond donors (Lipinski definition) is 0. The molecule has 0 radical (unpaired) electrons. The molecule has 4 fully saturated rings. The number of esters is 1. The van der Waals surface area contributed by atoms with Crippen molar-refractivity contribution in [2.75, 3.05) is 0 Å². The topological polar surface area (TPSA) is 26.3 Å². The summed E-state index contributed by atoms with van der Waals surface area (Å²) >= 11 is 0. The van der Waals surface area contributed by atoms with Crippen LogP contribution >= 0.6 is 0 Å². The van der Waals surface area contributed by atoms with Crippen molar-refractivity contribution in [3.63, 3.8) is 0 Å². The van der Waals surface area contributed by atoms with E-state index in [0.717, 1.165) is 18.8 Å². The van der Waals surface area contributed by atoms with E-state index in [2.05, 4.69) is 20.4 Å². The largest absolute Gasteiger partial charge is 0.462 e. The van der Waals surface area contributed by atoms with Crippen LogP contribution < -0.4 is 0 Å². The Labute approximate surface area is 128 Å². The van der Waals surface area contributed by atoms with Crippen LogP contribution in [-0.4, -0.2) is 12.1 Å². The molecule has 3 saturated carbocycles. The van der Waals surface area contributed by atoms with Gasteiger partial charge in [-0.1, -0.05) is 26.0 Å². The van der Waals surface area contributed by atoms with Crippen LogP contribution in [0.4, 0.5) is 0 Å². The van der Waals surface area contributed by atoms with Crippen LogP contribution in [0.15, 0.2) is 12.2 Å². The summed E-state index contributed by atoms with van der Waals surface area (Å²) in [6.45, 7) is 9.16. The average molecular weight is 288 g/mol. The smallest absolute Gasteiger partial charge is 0.309 e. The molecule has 2 bridgehead atoms. The van der Waals surface area contributed by atoms with Crippen LogP contribution in [0.5, 0.6) is 0 Å². The fourth-order valence-electron chi connectivity index (χ4n) is 6.04. The highest BCUT2D eigenvalue weighted by atomic mass is 16.6. The van der Waals surface area contributed by atoms with Gasteiger partial charge >= 0.3 is 5.97 Å². The lowest BCUT2D eigenvalue weighted by molar-refractivity contribution is -0.146. The van der Waals surface area contributed by atoms with Crippen LogP contribution in [0.25, 0.3) is 0 Å². The van der Waals surface area contributed by atoms with E-state index >= 15 is 0 Å². The maximum atomic E-state index is 12.2. The number of rotatable bonds is 1. The Morgan fingerprint density at radius 2 is 1.90 bits per heavy atom. The van der Waals surface area contributed by atoms with Crippen LogP contribution in [0.2, 0.25) is 0 Å². The first-order valence-electron chi connectivity index (χ1n) is 8.82. The molecule has 4 aliphatic rings. The molecular weight excluding hydrogens is 260 g/mol. The summed E-state index contributed by atoms with van der Waals surface area (Å²) in [4.78, 5) is 12.2. The first-order chi connectivity index (χ1) is 9.93. The van der Waals surface area contributed by atoms with Crippen molar-refractivity contribution < 1.29 is 9.53 Å². The molecule has 0 amide bonds. The Morgan fingerprint density at radius 1 is 1.10 bits per heavy atom. The Bertz CT molecular complexity index is 496. The third kappa shape index (κ3) is 1.80. The van der Waals surface area contributed by atoms with Crippen LogP contribution in [-0.2, 0) is 9.53 Å². The summed E-state index contributed by atoms with van der Waals surface area (Å²) in [5, 5.41) is 0. The first kappa shape index (κ1) is 13.8. The lowest BCUT2D eigenvalue weighted by Crippen LogP contribution is -2.44. The molecule has 4 rings (SSSR count). The standard InChI is InChI=1S/C19H28O2/c1-12-4-5-13-10-14(6-8-18(12,13)2)19(3)9-7-15-11-16(19)17(20)21-15/h13-16H,1,4-11H2,2-3H3. The maximum Gasteiger partial charge on any atom is 0.309 e. The van der Waals surface area contributed by atoms with E-state index in [1.807, 2.05) is 0 Å². The zero-order valence-electron chi connectivity index (χ0n) is 13.5. The van der Waals surface area contributed by atoms with Gasteiger partial charge in [0.05, 0.1) is 5.92 Å². The molecule has 0 N–H and O–H groups in total. The van der Waals surface area contributed by atoms with E-state index in [1.54, 1.807) is 0 Å². The Morgan fingerprint density at radius 3 is 2.71 bits per heavy atom. The second-order valence-corrected chi connectivity index (χ2v) is 8.62. The molecule has 3 aliphatic carbocycles. The lowest BCUT2D eigenvalue weighted by atomic mass is 9.53. The third-order valence-corrected chi connectivity index (χ3v) is 7.88. The average Bonchev–Trinajstić information content (AvgIpc) is 2.94. The van der Waals surface area contributed by atoms with E-state index < -0.39 is 0 Å². The molecule has 0 aromatic carbocycles. The molecular formula is C19H28O2. The Kier molecular flexibility index (Phi) is 2.88. The van der Waals surface area contributed by atoms with E-state index in [0.29, 0.717) is 11.3 Å². The van der Waals surface area contributed by atoms with Gasteiger partial charge in [-0.25, -0.2) is 0 Å². The molecule has 2 heteroatoms. The van der Waals surface area contributed by atoms with Gasteiger partial charge in [-0.15, -0.1) is 0 Å². The monoisotopic (exact) mass is 288 g/mol. The van der Waals surface area contributed by atoms with Gasteiger partial charge < -0.3 is 4.74 Å². The number of fused-ring (bicyclic) bond motifs is 3. The van der Waals surface area contributed by atoms with Crippen molar-refractivity contribution >= 4 is 5.97 Å². The SMILES string of the molecule is C=C1CCC2CC(C3(C)CCC4CC3C(=O)O4)CCC12C. The summed E-state index contributed by atoms with van der Waals surface area (Å²) in [5.74, 6) is 1.79. The molecule has 2 nitrogen and oxygen atoms in total. The highest BCUT2D eigenvalue weighted by molar-refractivity contribution is 5.76. The van der Waals surface area contributed by atoms with Gasteiger partial charge in [0.15, 0.2) is 0 Å². The van der Waals surface area contributed by atoms with Gasteiger partial charge in [-0.05, 0) is 74.0 Å². The number of hydrogen-bond acceptors (Lipinski definition) is 2. The minimum Gasteiger partial charge on any atom is -0.462 e. The molecule has 0 aromatic heterocycles. The van der Waals surface area contributed by atoms with Crippen molar-refractivity contribution in [3.8, 4) is 0 Å². The lowest BCUT2D eigenvalue weighted by Gasteiger charge is -2.50. The van der Waals surface area contributed by atoms with E-state index in [1.165, 1.54) is 44.1 Å². The van der Waals surface area contributed by atoms with Crippen LogP contribution in [0, 0.1) is 28.6 Å². The molecule has 21 heavy (non-hydrogen) atoms. The van der Waals surface area contributed by atoms with Crippen molar-refractivity contribution in [3.05, 3.63) is 12.2 Å². The zero-order valence-corrected chi connectivity index (χ0v) is 13.5. The summed E-state index contributed by atoms with van der Waals surface area (Å²) in [6.07, 6.45) is 9.89. The van der Waals surface area contributed by atoms with Crippen molar-refractivity contribution in [2.24, 2.45) is 28.6 Å². The predicted molar refractivity (Wildman–Crippen MR) is 82.6 cm³/mol. The van der Waals surface area contributed by atoms with E-state index in [-0.39, 0.29) is 23.4 Å². The van der Waals surface area contributed by atoms with Crippen LogP contribution in [0.1, 0.15) is 65.2 Å². The Balaban J connectivity index is 1.57. The third-order valence-electron chi connectivity index (χ3n) is 7.88. The highest BCUT2D eigenvalue weighted by Crippen LogP contribution is 2.62. The van der Waals surface area contributed by atoms with Gasteiger partial charge in [-0.2, -0.15) is 0 Å². The van der Waals surface area contributed by atoms with Crippen molar-refractivity contribution in [1.82, 2.24) is 0 Å². The minimum atomic E-state index is 0.101. The second kappa shape index (κ2) is 4.36.